The molecule has 1 aliphatic heterocycles. The van der Waals surface area contributed by atoms with E-state index in [2.05, 4.69) is 11.4 Å². The smallest absolute Gasteiger partial charge is 0.238 e. The number of phenols is 1. The lowest BCUT2D eigenvalue weighted by atomic mass is 9.60. The summed E-state index contributed by atoms with van der Waals surface area (Å²) in [4.78, 5) is 42.7. The molecule has 37 heavy (non-hydrogen) atoms. The third-order valence-corrected chi connectivity index (χ3v) is 7.54. The van der Waals surface area contributed by atoms with Crippen molar-refractivity contribution in [2.45, 2.75) is 31.7 Å². The van der Waals surface area contributed by atoms with E-state index in [0.717, 1.165) is 5.39 Å². The van der Waals surface area contributed by atoms with Crippen LogP contribution in [0.2, 0.25) is 0 Å². The van der Waals surface area contributed by atoms with Crippen LogP contribution in [0.4, 0.5) is 5.82 Å². The van der Waals surface area contributed by atoms with Gasteiger partial charge in [-0.25, -0.2) is 0 Å². The van der Waals surface area contributed by atoms with Gasteiger partial charge in [-0.3, -0.25) is 14.4 Å². The van der Waals surface area contributed by atoms with Crippen LogP contribution in [0, 0.1) is 17.2 Å². The fraction of sp³-hybridized carbons (Fsp3) is 0.200. The second-order valence-electron chi connectivity index (χ2n) is 10.6. The predicted octanol–water partition coefficient (Wildman–Crippen LogP) is 4.91. The molecule has 2 atom stereocenters. The lowest BCUT2D eigenvalue weighted by molar-refractivity contribution is -0.120. The topological polar surface area (TPSA) is 112 Å². The highest BCUT2D eigenvalue weighted by Gasteiger charge is 2.63. The molecular formula is C30H23N3O4. The second-order valence-corrected chi connectivity index (χ2v) is 10.6. The Morgan fingerprint density at radius 2 is 1.76 bits per heavy atom. The summed E-state index contributed by atoms with van der Waals surface area (Å²) in [5, 5.41) is 25.1. The van der Waals surface area contributed by atoms with Crippen molar-refractivity contribution in [1.29, 1.82) is 5.26 Å². The zero-order valence-electron chi connectivity index (χ0n) is 20.5. The largest absolute Gasteiger partial charge is 0.507 e. The first-order chi connectivity index (χ1) is 17.6. The number of hydrogen-bond donors (Lipinski definition) is 2. The number of amides is 1. The van der Waals surface area contributed by atoms with Crippen LogP contribution in [0.15, 0.2) is 66.9 Å². The van der Waals surface area contributed by atoms with Crippen molar-refractivity contribution >= 4 is 34.1 Å². The van der Waals surface area contributed by atoms with Gasteiger partial charge < -0.3 is 15.0 Å². The maximum Gasteiger partial charge on any atom is 0.238 e. The molecule has 1 aromatic heterocycles. The number of aromatic hydroxyl groups is 1. The molecule has 0 saturated carbocycles. The van der Waals surface area contributed by atoms with Gasteiger partial charge in [-0.15, -0.1) is 0 Å². The Morgan fingerprint density at radius 3 is 2.43 bits per heavy atom. The Kier molecular flexibility index (Phi) is 4.55. The average Bonchev–Trinajstić information content (AvgIpc) is 3.36. The molecule has 1 amide bonds. The van der Waals surface area contributed by atoms with Gasteiger partial charge in [0, 0.05) is 22.9 Å². The van der Waals surface area contributed by atoms with Crippen LogP contribution in [0.1, 0.15) is 58.2 Å². The summed E-state index contributed by atoms with van der Waals surface area (Å²) >= 11 is 0. The van der Waals surface area contributed by atoms with Crippen LogP contribution < -0.4 is 5.32 Å². The number of ketones is 2. The van der Waals surface area contributed by atoms with Gasteiger partial charge >= 0.3 is 0 Å². The number of carbonyl (C=O) groups excluding carboxylic acids is 3. The molecule has 1 spiro atoms. The van der Waals surface area contributed by atoms with Crippen LogP contribution in [-0.4, -0.2) is 27.1 Å². The van der Waals surface area contributed by atoms with E-state index in [1.165, 1.54) is 12.1 Å². The average molecular weight is 490 g/mol. The molecule has 0 saturated heterocycles. The first kappa shape index (κ1) is 22.7. The summed E-state index contributed by atoms with van der Waals surface area (Å²) in [5.74, 6) is -3.25. The van der Waals surface area contributed by atoms with Crippen molar-refractivity contribution in [3.05, 3.63) is 94.7 Å². The molecule has 1 aliphatic carbocycles. The number of rotatable bonds is 2. The van der Waals surface area contributed by atoms with Gasteiger partial charge in [0.1, 0.15) is 29.0 Å². The standard InChI is InChI=1S/C30H23N3O4/c1-29(2,3)33-15-17(14-31)23-27(33)32-28(37)24(25(35)18-10-4-5-13-21(18)34)30(23)20-12-7-9-16-8-6-11-19(22(16)20)26(30)36/h4-13,15,24,34H,1-3H3,(H,32,37)/t24-,30+/m0/s1. The number of carbonyl (C=O) groups is 3. The summed E-state index contributed by atoms with van der Waals surface area (Å²) in [6.45, 7) is 5.79. The molecule has 182 valence electrons. The molecule has 6 rings (SSSR count). The maximum atomic E-state index is 14.6. The van der Waals surface area contributed by atoms with Crippen LogP contribution >= 0.6 is 0 Å². The highest BCUT2D eigenvalue weighted by molar-refractivity contribution is 6.30. The number of Topliss-reactive ketones (excluding diaryl/α,β-unsaturated/α-hetero) is 2. The highest BCUT2D eigenvalue weighted by atomic mass is 16.3. The van der Waals surface area contributed by atoms with Crippen molar-refractivity contribution in [3.8, 4) is 11.8 Å². The number of anilines is 1. The van der Waals surface area contributed by atoms with E-state index in [1.807, 2.05) is 32.9 Å². The fourth-order valence-corrected chi connectivity index (χ4v) is 6.05. The molecular weight excluding hydrogens is 466 g/mol. The Balaban J connectivity index is 1.78. The van der Waals surface area contributed by atoms with E-state index in [1.54, 1.807) is 47.2 Å². The quantitative estimate of drug-likeness (QED) is 0.307. The lowest BCUT2D eigenvalue weighted by Gasteiger charge is -2.41. The minimum Gasteiger partial charge on any atom is -0.507 e. The van der Waals surface area contributed by atoms with Crippen molar-refractivity contribution in [2.75, 3.05) is 5.32 Å². The van der Waals surface area contributed by atoms with Gasteiger partial charge in [0.05, 0.1) is 11.1 Å². The molecule has 2 N–H and O–H groups in total. The second kappa shape index (κ2) is 7.40. The maximum absolute atomic E-state index is 14.6. The number of para-hydroxylation sites is 1. The van der Waals surface area contributed by atoms with E-state index in [0.29, 0.717) is 27.9 Å². The van der Waals surface area contributed by atoms with E-state index in [-0.39, 0.29) is 16.9 Å². The van der Waals surface area contributed by atoms with Crippen LogP contribution in [0.3, 0.4) is 0 Å². The highest BCUT2D eigenvalue weighted by Crippen LogP contribution is 2.57. The number of nitriles is 1. The Labute approximate surface area is 213 Å². The molecule has 4 aromatic rings. The fourth-order valence-electron chi connectivity index (χ4n) is 6.05. The van der Waals surface area contributed by atoms with Gasteiger partial charge in [0.2, 0.25) is 5.91 Å². The van der Waals surface area contributed by atoms with Gasteiger partial charge in [-0.05, 0) is 49.2 Å². The summed E-state index contributed by atoms with van der Waals surface area (Å²) in [5.41, 5.74) is -0.944. The molecule has 0 radical (unpaired) electrons. The molecule has 0 unspecified atom stereocenters. The Hall–Kier alpha value is -4.70. The van der Waals surface area contributed by atoms with Gasteiger partial charge in [-0.2, -0.15) is 5.26 Å². The summed E-state index contributed by atoms with van der Waals surface area (Å²) in [6, 6.07) is 19.0. The van der Waals surface area contributed by atoms with E-state index < -0.39 is 34.3 Å². The van der Waals surface area contributed by atoms with Crippen molar-refractivity contribution in [3.63, 3.8) is 0 Å². The molecule has 0 bridgehead atoms. The third-order valence-electron chi connectivity index (χ3n) is 7.54. The van der Waals surface area contributed by atoms with Crippen LogP contribution in [-0.2, 0) is 15.7 Å². The van der Waals surface area contributed by atoms with E-state index in [4.69, 9.17) is 0 Å². The number of benzene rings is 3. The molecule has 3 aromatic carbocycles. The monoisotopic (exact) mass is 489 g/mol. The SMILES string of the molecule is CC(C)(C)n1cc(C#N)c2c1NC(=O)[C@H](C(=O)c1ccccc1O)[C@]21C(=O)c2cccc3cccc1c23. The van der Waals surface area contributed by atoms with Crippen molar-refractivity contribution in [2.24, 2.45) is 5.92 Å². The van der Waals surface area contributed by atoms with Crippen LogP contribution in [0.5, 0.6) is 5.75 Å². The van der Waals surface area contributed by atoms with Crippen molar-refractivity contribution < 1.29 is 19.5 Å². The van der Waals surface area contributed by atoms with Gasteiger partial charge in [0.25, 0.3) is 0 Å². The lowest BCUT2D eigenvalue weighted by Crippen LogP contribution is -2.54. The molecule has 7 nitrogen and oxygen atoms in total. The number of phenolic OH excluding ortho intramolecular Hbond substituents is 1. The number of aromatic nitrogens is 1. The number of fused-ring (bicyclic) bond motifs is 3. The number of nitrogens with one attached hydrogen (secondary N) is 1. The first-order valence-electron chi connectivity index (χ1n) is 12.0. The Morgan fingerprint density at radius 1 is 1.05 bits per heavy atom. The minimum atomic E-state index is -1.78. The predicted molar refractivity (Wildman–Crippen MR) is 138 cm³/mol. The molecule has 7 heteroatoms. The summed E-state index contributed by atoms with van der Waals surface area (Å²) in [6.07, 6.45) is 1.63. The zero-order chi connectivity index (χ0) is 26.3. The van der Waals surface area contributed by atoms with Crippen molar-refractivity contribution in [1.82, 2.24) is 4.57 Å². The normalized spacial score (nSPS) is 20.1. The third kappa shape index (κ3) is 2.78. The van der Waals surface area contributed by atoms with E-state index in [9.17, 15) is 24.8 Å². The summed E-state index contributed by atoms with van der Waals surface area (Å²) < 4.78 is 1.78. The molecule has 0 fully saturated rings. The van der Waals surface area contributed by atoms with Gasteiger partial charge in [-0.1, -0.05) is 48.5 Å². The summed E-state index contributed by atoms with van der Waals surface area (Å²) in [7, 11) is 0. The van der Waals surface area contributed by atoms with E-state index >= 15 is 0 Å². The first-order valence-corrected chi connectivity index (χ1v) is 12.0. The zero-order valence-corrected chi connectivity index (χ0v) is 20.5. The van der Waals surface area contributed by atoms with Gasteiger partial charge in [0.15, 0.2) is 11.6 Å². The Bertz CT molecular complexity index is 1730. The number of nitrogens with zero attached hydrogens (tertiary/aromatic N) is 2. The minimum absolute atomic E-state index is 0.0600. The molecule has 2 heterocycles. The van der Waals surface area contributed by atoms with Crippen LogP contribution in [0.25, 0.3) is 10.8 Å². The number of hydrogen-bond acceptors (Lipinski definition) is 5. The molecule has 2 aliphatic rings.